The minimum Gasteiger partial charge on any atom is -0.488 e. The molecule has 0 aliphatic carbocycles. The van der Waals surface area contributed by atoms with Crippen molar-refractivity contribution in [3.8, 4) is 5.75 Å². The number of para-hydroxylation sites is 1. The van der Waals surface area contributed by atoms with Crippen LogP contribution < -0.4 is 9.75 Å². The number of amides is 1. The highest BCUT2D eigenvalue weighted by Crippen LogP contribution is 2.30. The van der Waals surface area contributed by atoms with Crippen LogP contribution in [0.2, 0.25) is 0 Å². The summed E-state index contributed by atoms with van der Waals surface area (Å²) in [4.78, 5) is 12.8. The molecule has 0 fully saturated rings. The van der Waals surface area contributed by atoms with Gasteiger partial charge in [0.25, 0.3) is 5.91 Å². The lowest BCUT2D eigenvalue weighted by molar-refractivity contribution is -0.114. The van der Waals surface area contributed by atoms with Gasteiger partial charge in [0.05, 0.1) is 21.4 Å². The third-order valence-corrected chi connectivity index (χ3v) is 5.29. The van der Waals surface area contributed by atoms with Crippen LogP contribution in [-0.4, -0.2) is 11.6 Å². The number of ether oxygens (including phenoxy) is 1. The summed E-state index contributed by atoms with van der Waals surface area (Å²) < 4.78 is 20.2. The van der Waals surface area contributed by atoms with E-state index in [2.05, 4.69) is 21.0 Å². The molecule has 150 valence electrons. The van der Waals surface area contributed by atoms with E-state index in [0.29, 0.717) is 27.1 Å². The zero-order chi connectivity index (χ0) is 21.1. The fourth-order valence-electron chi connectivity index (χ4n) is 3.09. The van der Waals surface area contributed by atoms with Crippen molar-refractivity contribution in [2.24, 2.45) is 5.10 Å². The van der Waals surface area contributed by atoms with Gasteiger partial charge < -0.3 is 4.74 Å². The number of benzene rings is 3. The fourth-order valence-corrected chi connectivity index (χ4v) is 3.60. The molecule has 3 aromatic carbocycles. The predicted octanol–water partition coefficient (Wildman–Crippen LogP) is 5.97. The fraction of sp³-hybridized carbons (Fsp3) is 0.0833. The Morgan fingerprint density at radius 3 is 2.53 bits per heavy atom. The smallest absolute Gasteiger partial charge is 0.280 e. The maximum Gasteiger partial charge on any atom is 0.280 e. The Hall–Kier alpha value is -3.25. The normalized spacial score (nSPS) is 14.9. The van der Waals surface area contributed by atoms with Gasteiger partial charge in [-0.1, -0.05) is 42.5 Å². The average molecular weight is 465 g/mol. The van der Waals surface area contributed by atoms with Crippen molar-refractivity contribution in [1.29, 1.82) is 0 Å². The lowest BCUT2D eigenvalue weighted by Gasteiger charge is -2.11. The largest absolute Gasteiger partial charge is 0.488 e. The lowest BCUT2D eigenvalue weighted by Crippen LogP contribution is -2.21. The molecule has 30 heavy (non-hydrogen) atoms. The number of carbonyl (C=O) groups excluding carboxylic acids is 1. The van der Waals surface area contributed by atoms with E-state index in [0.717, 1.165) is 11.3 Å². The van der Waals surface area contributed by atoms with Crippen molar-refractivity contribution in [3.05, 3.63) is 99.8 Å². The Labute approximate surface area is 182 Å². The molecule has 0 unspecified atom stereocenters. The van der Waals surface area contributed by atoms with Gasteiger partial charge >= 0.3 is 0 Å². The molecule has 0 aromatic heterocycles. The van der Waals surface area contributed by atoms with Gasteiger partial charge in [0.15, 0.2) is 0 Å². The summed E-state index contributed by atoms with van der Waals surface area (Å²) in [7, 11) is 0. The Kier molecular flexibility index (Phi) is 5.77. The van der Waals surface area contributed by atoms with Crippen molar-refractivity contribution >= 4 is 39.3 Å². The van der Waals surface area contributed by atoms with Gasteiger partial charge in [-0.05, 0) is 64.8 Å². The van der Waals surface area contributed by atoms with Gasteiger partial charge in [0.1, 0.15) is 18.2 Å². The highest BCUT2D eigenvalue weighted by molar-refractivity contribution is 9.10. The van der Waals surface area contributed by atoms with Crippen LogP contribution in [0.4, 0.5) is 10.1 Å². The first-order valence-corrected chi connectivity index (χ1v) is 10.1. The summed E-state index contributed by atoms with van der Waals surface area (Å²) in [6.45, 7) is 1.94. The number of rotatable bonds is 5. The summed E-state index contributed by atoms with van der Waals surface area (Å²) >= 11 is 3.49. The van der Waals surface area contributed by atoms with Crippen molar-refractivity contribution in [3.63, 3.8) is 0 Å². The third kappa shape index (κ3) is 4.19. The van der Waals surface area contributed by atoms with E-state index in [9.17, 15) is 9.18 Å². The van der Waals surface area contributed by atoms with Crippen LogP contribution in [0, 0.1) is 5.82 Å². The van der Waals surface area contributed by atoms with E-state index in [-0.39, 0.29) is 18.3 Å². The zero-order valence-electron chi connectivity index (χ0n) is 16.2. The summed E-state index contributed by atoms with van der Waals surface area (Å²) in [5, 5.41) is 5.79. The Morgan fingerprint density at radius 2 is 1.80 bits per heavy atom. The predicted molar refractivity (Wildman–Crippen MR) is 120 cm³/mol. The minimum atomic E-state index is -0.299. The van der Waals surface area contributed by atoms with Gasteiger partial charge in [0.2, 0.25) is 0 Å². The van der Waals surface area contributed by atoms with Crippen LogP contribution in [0.5, 0.6) is 5.75 Å². The zero-order valence-corrected chi connectivity index (χ0v) is 17.8. The number of carbonyl (C=O) groups is 1. The van der Waals surface area contributed by atoms with Gasteiger partial charge in [-0.2, -0.15) is 10.1 Å². The van der Waals surface area contributed by atoms with E-state index < -0.39 is 0 Å². The summed E-state index contributed by atoms with van der Waals surface area (Å²) in [6, 6.07) is 21.3. The molecule has 0 bridgehead atoms. The molecule has 0 atom stereocenters. The van der Waals surface area contributed by atoms with Crippen LogP contribution >= 0.6 is 15.9 Å². The average Bonchev–Trinajstić information content (AvgIpc) is 3.03. The van der Waals surface area contributed by atoms with Crippen molar-refractivity contribution in [1.82, 2.24) is 0 Å². The quantitative estimate of drug-likeness (QED) is 0.436. The summed E-state index contributed by atoms with van der Waals surface area (Å²) in [5.41, 5.74) is 3.22. The van der Waals surface area contributed by atoms with Gasteiger partial charge in [-0.25, -0.2) is 4.39 Å². The number of hydrogen-bond acceptors (Lipinski definition) is 3. The number of anilines is 1. The van der Waals surface area contributed by atoms with Crippen LogP contribution in [0.1, 0.15) is 18.1 Å². The SMILES string of the molecule is CC1=NN(c2ccccc2)C(=O)/C1=C/c1ccc(OCc2ccccc2F)c(Br)c1. The maximum atomic E-state index is 13.8. The molecule has 4 nitrogen and oxygen atoms in total. The van der Waals surface area contributed by atoms with E-state index in [1.165, 1.54) is 11.1 Å². The molecule has 0 saturated heterocycles. The summed E-state index contributed by atoms with van der Waals surface area (Å²) in [6.07, 6.45) is 1.80. The van der Waals surface area contributed by atoms with Crippen LogP contribution in [0.15, 0.2) is 87.9 Å². The minimum absolute atomic E-state index is 0.127. The highest BCUT2D eigenvalue weighted by atomic mass is 79.9. The second-order valence-corrected chi connectivity index (χ2v) is 7.62. The molecule has 0 spiro atoms. The molecular weight excluding hydrogens is 447 g/mol. The first-order valence-electron chi connectivity index (χ1n) is 9.35. The highest BCUT2D eigenvalue weighted by Gasteiger charge is 2.28. The molecular formula is C24H18BrFN2O2. The molecule has 0 radical (unpaired) electrons. The van der Waals surface area contributed by atoms with Crippen LogP contribution in [-0.2, 0) is 11.4 Å². The maximum absolute atomic E-state index is 13.8. The van der Waals surface area contributed by atoms with Crippen LogP contribution in [0.3, 0.4) is 0 Å². The van der Waals surface area contributed by atoms with Crippen molar-refractivity contribution < 1.29 is 13.9 Å². The van der Waals surface area contributed by atoms with E-state index >= 15 is 0 Å². The Bertz CT molecular complexity index is 1160. The molecule has 6 heteroatoms. The van der Waals surface area contributed by atoms with Crippen LogP contribution in [0.25, 0.3) is 6.08 Å². The molecule has 1 heterocycles. The first kappa shape index (κ1) is 20.0. The second kappa shape index (κ2) is 8.63. The lowest BCUT2D eigenvalue weighted by atomic mass is 10.1. The third-order valence-electron chi connectivity index (χ3n) is 4.67. The molecule has 3 aromatic rings. The van der Waals surface area contributed by atoms with Crippen molar-refractivity contribution in [2.45, 2.75) is 13.5 Å². The summed E-state index contributed by atoms with van der Waals surface area (Å²) in [5.74, 6) is 0.122. The van der Waals surface area contributed by atoms with Gasteiger partial charge in [-0.15, -0.1) is 0 Å². The Balaban J connectivity index is 1.52. The van der Waals surface area contributed by atoms with E-state index in [1.54, 1.807) is 30.3 Å². The van der Waals surface area contributed by atoms with E-state index in [1.807, 2.05) is 49.4 Å². The van der Waals surface area contributed by atoms with Gasteiger partial charge in [0, 0.05) is 5.56 Å². The molecule has 1 amide bonds. The molecule has 1 aliphatic rings. The number of hydrazone groups is 1. The standard InChI is InChI=1S/C24H18BrFN2O2/c1-16-20(24(29)28(27-16)19-8-3-2-4-9-19)13-17-11-12-23(21(25)14-17)30-15-18-7-5-6-10-22(18)26/h2-14H,15H2,1H3/b20-13+. The number of halogens is 2. The second-order valence-electron chi connectivity index (χ2n) is 6.77. The van der Waals surface area contributed by atoms with E-state index in [4.69, 9.17) is 4.74 Å². The monoisotopic (exact) mass is 464 g/mol. The first-order chi connectivity index (χ1) is 14.5. The Morgan fingerprint density at radius 1 is 1.07 bits per heavy atom. The van der Waals surface area contributed by atoms with Crippen molar-refractivity contribution in [2.75, 3.05) is 5.01 Å². The number of nitrogens with zero attached hydrogens (tertiary/aromatic N) is 2. The van der Waals surface area contributed by atoms with Gasteiger partial charge in [-0.3, -0.25) is 4.79 Å². The molecule has 0 saturated carbocycles. The number of hydrogen-bond donors (Lipinski definition) is 0. The molecule has 0 N–H and O–H groups in total. The molecule has 4 rings (SSSR count). The topological polar surface area (TPSA) is 41.9 Å². The molecule has 1 aliphatic heterocycles.